The molecule has 69 heavy (non-hydrogen) atoms. The van der Waals surface area contributed by atoms with E-state index < -0.39 is 61.1 Å². The lowest BCUT2D eigenvalue weighted by molar-refractivity contribution is -0.340. The van der Waals surface area contributed by atoms with Crippen LogP contribution in [0.3, 0.4) is 0 Å². The molecule has 2 saturated heterocycles. The SMILES string of the molecule is COc1ccc(C(=O)O[C@H]2[C@H](O[C@@H]3[C@@H](OC(C)=O)[C@H](O[C@H]4CC5C6CC=C7C[C@@H](O)CC[C@]7(C)C6CC[C@]5(C)[C@H]4[C@H](C)CCC[C@@H](C)CN(C)Cc4ccccc4)OC[C@@H]3O)OC[C@@H](O)[C@@H]2O)cc1. The van der Waals surface area contributed by atoms with Gasteiger partial charge in [-0.2, -0.15) is 0 Å². The van der Waals surface area contributed by atoms with Crippen LogP contribution in [-0.4, -0.2) is 133 Å². The standard InChI is InChI=1S/C55H79NO13/c1-32(28-56(6)29-35-14-9-8-10-15-35)12-11-13-33(2)46-45(27-42-40-21-18-37-26-38(58)22-24-54(37,4)41(40)23-25-55(42,46)5)67-53-50(66-34(3)57)48(44(60)31-65-53)69-52-49(47(61)43(59)30-64-52)68-51(62)36-16-19-39(63-7)20-17-36/h8-10,14-20,32-33,38,40-50,52-53,58-61H,11-13,21-31H2,1-7H3/t32-,33-,38+,40?,41?,42?,43-,44+,45+,46+,47+,48+,49-,50-,52+,53+,54+,55+/m1/s1. The van der Waals surface area contributed by atoms with Crippen molar-refractivity contribution in [1.82, 2.24) is 4.90 Å². The molecular formula is C55H79NO13. The Balaban J connectivity index is 1.02. The molecule has 2 aromatic rings. The fourth-order valence-corrected chi connectivity index (χ4v) is 14.0. The molecule has 0 aromatic heterocycles. The van der Waals surface area contributed by atoms with E-state index in [9.17, 15) is 30.0 Å². The summed E-state index contributed by atoms with van der Waals surface area (Å²) in [6.07, 6.45) is 0.681. The average Bonchev–Trinajstić information content (AvgIpc) is 3.62. The summed E-state index contributed by atoms with van der Waals surface area (Å²) in [5.74, 6) is 1.38. The number of fused-ring (bicyclic) bond motifs is 5. The summed E-state index contributed by atoms with van der Waals surface area (Å²) in [6.45, 7) is 12.3. The van der Waals surface area contributed by atoms with Crippen molar-refractivity contribution in [3.8, 4) is 5.75 Å². The summed E-state index contributed by atoms with van der Waals surface area (Å²) in [6, 6.07) is 16.8. The maximum Gasteiger partial charge on any atom is 0.338 e. The molecule has 4 aliphatic carbocycles. The fourth-order valence-electron chi connectivity index (χ4n) is 14.0. The zero-order valence-corrected chi connectivity index (χ0v) is 41.8. The number of rotatable bonds is 17. The van der Waals surface area contributed by atoms with Crippen LogP contribution in [0.5, 0.6) is 5.75 Å². The minimum atomic E-state index is -1.60. The molecule has 18 atom stereocenters. The monoisotopic (exact) mass is 962 g/mol. The van der Waals surface area contributed by atoms with Crippen LogP contribution < -0.4 is 4.74 Å². The number of hydrogen-bond donors (Lipinski definition) is 4. The molecular weight excluding hydrogens is 883 g/mol. The van der Waals surface area contributed by atoms with E-state index in [1.807, 2.05) is 0 Å². The molecule has 4 N–H and O–H groups in total. The second-order valence-electron chi connectivity index (χ2n) is 22.1. The zero-order valence-electron chi connectivity index (χ0n) is 41.8. The first kappa shape index (κ1) is 51.9. The minimum absolute atomic E-state index is 0.0441. The Labute approximate surface area is 409 Å². The van der Waals surface area contributed by atoms with E-state index in [-0.39, 0.29) is 47.7 Å². The number of nitrogens with zero attached hydrogens (tertiary/aromatic N) is 1. The highest BCUT2D eigenvalue weighted by Gasteiger charge is 2.63. The van der Waals surface area contributed by atoms with Gasteiger partial charge in [-0.25, -0.2) is 4.79 Å². The van der Waals surface area contributed by atoms with Crippen LogP contribution in [0.2, 0.25) is 0 Å². The third kappa shape index (κ3) is 11.3. The Hall–Kier alpha value is -3.44. The molecule has 14 nitrogen and oxygen atoms in total. The second kappa shape index (κ2) is 22.1. The Bertz CT molecular complexity index is 2050. The predicted molar refractivity (Wildman–Crippen MR) is 257 cm³/mol. The Morgan fingerprint density at radius 3 is 2.26 bits per heavy atom. The van der Waals surface area contributed by atoms with Crippen molar-refractivity contribution < 1.29 is 63.2 Å². The molecule has 2 aromatic carbocycles. The van der Waals surface area contributed by atoms with Gasteiger partial charge in [0.1, 0.15) is 30.2 Å². The van der Waals surface area contributed by atoms with Crippen molar-refractivity contribution in [2.45, 2.75) is 167 Å². The highest BCUT2D eigenvalue weighted by atomic mass is 16.7. The van der Waals surface area contributed by atoms with E-state index in [2.05, 4.69) is 76.1 Å². The van der Waals surface area contributed by atoms with Gasteiger partial charge in [0.15, 0.2) is 24.8 Å². The summed E-state index contributed by atoms with van der Waals surface area (Å²) < 4.78 is 42.7. The molecule has 3 unspecified atom stereocenters. The van der Waals surface area contributed by atoms with E-state index in [0.29, 0.717) is 35.3 Å². The summed E-state index contributed by atoms with van der Waals surface area (Å²) >= 11 is 0. The molecule has 0 radical (unpaired) electrons. The number of hydrogen-bond acceptors (Lipinski definition) is 14. The van der Waals surface area contributed by atoms with Gasteiger partial charge < -0.3 is 58.5 Å². The first-order valence-electron chi connectivity index (χ1n) is 25.7. The molecule has 0 spiro atoms. The van der Waals surface area contributed by atoms with Crippen LogP contribution in [0.1, 0.15) is 115 Å². The highest BCUT2D eigenvalue weighted by Crippen LogP contribution is 2.68. The smallest absolute Gasteiger partial charge is 0.338 e. The van der Waals surface area contributed by atoms with E-state index in [1.165, 1.54) is 37.3 Å². The highest BCUT2D eigenvalue weighted by molar-refractivity contribution is 5.89. The van der Waals surface area contributed by atoms with E-state index in [0.717, 1.165) is 77.3 Å². The Morgan fingerprint density at radius 1 is 0.841 bits per heavy atom. The summed E-state index contributed by atoms with van der Waals surface area (Å²) in [7, 11) is 3.70. The van der Waals surface area contributed by atoms with Gasteiger partial charge in [0.05, 0.1) is 38.1 Å². The molecule has 0 amide bonds. The zero-order chi connectivity index (χ0) is 49.2. The van der Waals surface area contributed by atoms with Crippen molar-refractivity contribution in [2.24, 2.45) is 46.3 Å². The van der Waals surface area contributed by atoms with Crippen LogP contribution in [0.4, 0.5) is 0 Å². The van der Waals surface area contributed by atoms with Crippen molar-refractivity contribution in [2.75, 3.05) is 33.9 Å². The number of carbonyl (C=O) groups excluding carboxylic acids is 2. The third-order valence-electron chi connectivity index (χ3n) is 17.4. The molecule has 5 fully saturated rings. The molecule has 3 saturated carbocycles. The van der Waals surface area contributed by atoms with Crippen LogP contribution >= 0.6 is 0 Å². The van der Waals surface area contributed by atoms with Crippen LogP contribution in [0.15, 0.2) is 66.2 Å². The molecule has 6 aliphatic rings. The third-order valence-corrected chi connectivity index (χ3v) is 17.4. The Kier molecular flexibility index (Phi) is 16.6. The van der Waals surface area contributed by atoms with Crippen LogP contribution in [0.25, 0.3) is 0 Å². The second-order valence-corrected chi connectivity index (χ2v) is 22.1. The largest absolute Gasteiger partial charge is 0.497 e. The Morgan fingerprint density at radius 2 is 1.55 bits per heavy atom. The van der Waals surface area contributed by atoms with Gasteiger partial charge in [0.25, 0.3) is 0 Å². The van der Waals surface area contributed by atoms with Crippen LogP contribution in [-0.2, 0) is 39.8 Å². The van der Waals surface area contributed by atoms with Gasteiger partial charge in [0.2, 0.25) is 0 Å². The topological polar surface area (TPSA) is 183 Å². The summed E-state index contributed by atoms with van der Waals surface area (Å²) in [5, 5.41) is 44.1. The first-order valence-corrected chi connectivity index (χ1v) is 25.7. The maximum absolute atomic E-state index is 13.4. The quantitative estimate of drug-likeness (QED) is 0.0955. The van der Waals surface area contributed by atoms with Gasteiger partial charge in [-0.3, -0.25) is 4.79 Å². The lowest BCUT2D eigenvalue weighted by Crippen LogP contribution is -2.62. The van der Waals surface area contributed by atoms with Gasteiger partial charge >= 0.3 is 11.9 Å². The predicted octanol–water partition coefficient (Wildman–Crippen LogP) is 6.84. The van der Waals surface area contributed by atoms with Crippen LogP contribution in [0, 0.1) is 46.3 Å². The number of allylic oxidation sites excluding steroid dienone is 1. The fraction of sp³-hybridized carbons (Fsp3) is 0.709. The average molecular weight is 962 g/mol. The van der Waals surface area contributed by atoms with Gasteiger partial charge in [-0.15, -0.1) is 0 Å². The summed E-state index contributed by atoms with van der Waals surface area (Å²) in [5.41, 5.74) is 2.92. The van der Waals surface area contributed by atoms with Gasteiger partial charge in [-0.05, 0) is 135 Å². The van der Waals surface area contributed by atoms with Crippen molar-refractivity contribution in [3.05, 3.63) is 77.4 Å². The molecule has 2 aliphatic heterocycles. The lowest BCUT2D eigenvalue weighted by atomic mass is 9.47. The van der Waals surface area contributed by atoms with E-state index in [1.54, 1.807) is 12.1 Å². The number of ether oxygens (including phenoxy) is 7. The number of aliphatic hydroxyl groups is 4. The number of esters is 2. The lowest BCUT2D eigenvalue weighted by Gasteiger charge is -2.58. The van der Waals surface area contributed by atoms with Crippen molar-refractivity contribution in [3.63, 3.8) is 0 Å². The van der Waals surface area contributed by atoms with Crippen molar-refractivity contribution >= 4 is 11.9 Å². The number of benzene rings is 2. The maximum atomic E-state index is 13.4. The minimum Gasteiger partial charge on any atom is -0.497 e. The molecule has 382 valence electrons. The molecule has 14 heteroatoms. The molecule has 0 bridgehead atoms. The van der Waals surface area contributed by atoms with E-state index in [4.69, 9.17) is 33.2 Å². The van der Waals surface area contributed by atoms with Gasteiger partial charge in [0, 0.05) is 20.0 Å². The summed E-state index contributed by atoms with van der Waals surface area (Å²) in [4.78, 5) is 28.8. The molecule has 2 heterocycles. The van der Waals surface area contributed by atoms with Crippen molar-refractivity contribution in [1.29, 1.82) is 0 Å². The number of aliphatic hydroxyl groups excluding tert-OH is 4. The van der Waals surface area contributed by atoms with E-state index >= 15 is 0 Å². The normalized spacial score (nSPS) is 38.5. The van der Waals surface area contributed by atoms with Gasteiger partial charge in [-0.1, -0.05) is 82.5 Å². The number of carbonyl (C=O) groups is 2. The first-order chi connectivity index (χ1) is 33.0. The number of methoxy groups -OCH3 is 1. The molecule has 8 rings (SSSR count).